The van der Waals surface area contributed by atoms with E-state index in [0.29, 0.717) is 23.8 Å². The van der Waals surface area contributed by atoms with Gasteiger partial charge in [-0.1, -0.05) is 95.6 Å². The van der Waals surface area contributed by atoms with Crippen LogP contribution in [-0.2, 0) is 36.7 Å². The lowest BCUT2D eigenvalue weighted by molar-refractivity contribution is -0.199. The van der Waals surface area contributed by atoms with E-state index in [1.807, 2.05) is 54.6 Å². The van der Waals surface area contributed by atoms with Crippen molar-refractivity contribution in [1.82, 2.24) is 5.32 Å². The van der Waals surface area contributed by atoms with Crippen LogP contribution < -0.4 is 5.32 Å². The van der Waals surface area contributed by atoms with Crippen LogP contribution >= 0.6 is 0 Å². The van der Waals surface area contributed by atoms with E-state index in [9.17, 15) is 14.4 Å². The number of carbonyl (C=O) groups is 3. The third kappa shape index (κ3) is 8.20. The minimum Gasteiger partial charge on any atom is -0.461 e. The molecule has 0 spiro atoms. The van der Waals surface area contributed by atoms with E-state index in [2.05, 4.69) is 46.9 Å². The van der Waals surface area contributed by atoms with Gasteiger partial charge in [-0.3, -0.25) is 14.4 Å². The molecule has 47 heavy (non-hydrogen) atoms. The zero-order valence-electron chi connectivity index (χ0n) is 29.3. The molecule has 4 aliphatic rings. The zero-order chi connectivity index (χ0) is 33.8. The fourth-order valence-electron chi connectivity index (χ4n) is 8.13. The second kappa shape index (κ2) is 15.1. The quantitative estimate of drug-likeness (QED) is 0.116. The molecule has 0 unspecified atom stereocenters. The smallest absolute Gasteiger partial charge is 0.461 e. The molecule has 1 saturated heterocycles. The Balaban J connectivity index is 1.28. The van der Waals surface area contributed by atoms with Crippen molar-refractivity contribution in [1.29, 1.82) is 0 Å². The number of nitrogens with one attached hydrogen (secondary N) is 1. The number of carbonyl (C=O) groups excluding carboxylic acids is 3. The van der Waals surface area contributed by atoms with Gasteiger partial charge in [0.15, 0.2) is 5.78 Å². The van der Waals surface area contributed by atoms with E-state index in [-0.39, 0.29) is 72.5 Å². The fraction of sp³-hybridized carbons (Fsp3) is 0.615. The number of esters is 1. The van der Waals surface area contributed by atoms with E-state index in [1.54, 1.807) is 0 Å². The van der Waals surface area contributed by atoms with Gasteiger partial charge < -0.3 is 19.4 Å². The maximum absolute atomic E-state index is 14.1. The molecular formula is C39H54BNO6. The number of amides is 1. The van der Waals surface area contributed by atoms with E-state index in [0.717, 1.165) is 37.7 Å². The molecule has 3 saturated carbocycles. The van der Waals surface area contributed by atoms with Crippen LogP contribution in [0.1, 0.15) is 114 Å². The lowest BCUT2D eigenvalue weighted by Gasteiger charge is -2.64. The maximum Gasteiger partial charge on any atom is 0.481 e. The topological polar surface area (TPSA) is 90.9 Å². The minimum atomic E-state index is -0.702. The summed E-state index contributed by atoms with van der Waals surface area (Å²) in [6, 6.07) is 17.2. The van der Waals surface area contributed by atoms with E-state index >= 15 is 0 Å². The molecule has 3 aliphatic carbocycles. The zero-order valence-corrected chi connectivity index (χ0v) is 29.3. The van der Waals surface area contributed by atoms with Crippen LogP contribution in [0.5, 0.6) is 0 Å². The number of benzene rings is 2. The van der Waals surface area contributed by atoms with Crippen LogP contribution in [0.25, 0.3) is 0 Å². The van der Waals surface area contributed by atoms with Gasteiger partial charge in [0.25, 0.3) is 0 Å². The Morgan fingerprint density at radius 1 is 1.00 bits per heavy atom. The van der Waals surface area contributed by atoms with Gasteiger partial charge in [-0.05, 0) is 79.7 Å². The van der Waals surface area contributed by atoms with Crippen molar-refractivity contribution < 1.29 is 28.4 Å². The second-order valence-corrected chi connectivity index (χ2v) is 15.4. The van der Waals surface area contributed by atoms with Crippen LogP contribution in [0.2, 0.25) is 0 Å². The number of aryl methyl sites for hydroxylation is 1. The van der Waals surface area contributed by atoms with Gasteiger partial charge in [0.2, 0.25) is 5.91 Å². The molecule has 1 N–H and O–H groups in total. The molecule has 1 aliphatic heterocycles. The highest BCUT2D eigenvalue weighted by atomic mass is 16.7. The van der Waals surface area contributed by atoms with Gasteiger partial charge >= 0.3 is 13.1 Å². The van der Waals surface area contributed by atoms with Crippen molar-refractivity contribution >= 4 is 24.8 Å². The Bertz CT molecular complexity index is 1380. The highest BCUT2D eigenvalue weighted by Gasteiger charge is 2.68. The molecule has 254 valence electrons. The summed E-state index contributed by atoms with van der Waals surface area (Å²) in [6.07, 6.45) is 6.24. The van der Waals surface area contributed by atoms with Crippen molar-refractivity contribution in [2.24, 2.45) is 29.1 Å². The van der Waals surface area contributed by atoms with Gasteiger partial charge in [-0.15, -0.1) is 0 Å². The summed E-state index contributed by atoms with van der Waals surface area (Å²) in [4.78, 5) is 40.4. The summed E-state index contributed by atoms with van der Waals surface area (Å²) >= 11 is 0. The van der Waals surface area contributed by atoms with Crippen LogP contribution in [0.4, 0.5) is 0 Å². The van der Waals surface area contributed by atoms with Crippen molar-refractivity contribution in [2.45, 2.75) is 124 Å². The van der Waals surface area contributed by atoms with E-state index in [4.69, 9.17) is 14.0 Å². The van der Waals surface area contributed by atoms with Crippen molar-refractivity contribution in [2.75, 3.05) is 0 Å². The second-order valence-electron chi connectivity index (χ2n) is 15.4. The lowest BCUT2D eigenvalue weighted by atomic mass is 9.43. The molecular weight excluding hydrogens is 589 g/mol. The molecule has 1 amide bonds. The van der Waals surface area contributed by atoms with Gasteiger partial charge in [0.05, 0.1) is 17.6 Å². The van der Waals surface area contributed by atoms with Gasteiger partial charge in [-0.25, -0.2) is 0 Å². The average Bonchev–Trinajstić information content (AvgIpc) is 3.42. The predicted octanol–water partition coefficient (Wildman–Crippen LogP) is 7.54. The van der Waals surface area contributed by atoms with Crippen LogP contribution in [0.15, 0.2) is 54.6 Å². The summed E-state index contributed by atoms with van der Waals surface area (Å²) in [6.45, 7) is 13.4. The molecule has 2 bridgehead atoms. The van der Waals surface area contributed by atoms with Gasteiger partial charge in [-0.2, -0.15) is 0 Å². The molecule has 4 fully saturated rings. The maximum atomic E-state index is 14.1. The average molecular weight is 644 g/mol. The lowest BCUT2D eigenvalue weighted by Crippen LogP contribution is -2.65. The van der Waals surface area contributed by atoms with Crippen LogP contribution in [0, 0.1) is 29.1 Å². The standard InChI is InChI=1S/C39H54BNO6/c1-7-8-12-27-15-17-29(18-16-27)32(42)22-30(19-20-36(43)45-25-28-13-10-9-11-14-28)37(44)41-35(21-26(2)3)40-46-34-24-31-23-33(38(31,4)5)39(34,6)47-40/h9-11,13-18,26,30-31,33-35H,7-8,12,19-25H2,1-6H3,(H,41,44)/t30-,31-,33-,34-,35+,39+/m1/s1. The number of hydrogen-bond acceptors (Lipinski definition) is 6. The Hall–Kier alpha value is -2.97. The molecule has 0 radical (unpaired) electrons. The summed E-state index contributed by atoms with van der Waals surface area (Å²) in [7, 11) is -0.561. The first kappa shape index (κ1) is 35.3. The Kier molecular flexibility index (Phi) is 11.3. The molecule has 8 heteroatoms. The van der Waals surface area contributed by atoms with E-state index < -0.39 is 13.0 Å². The van der Waals surface area contributed by atoms with Crippen LogP contribution in [-0.4, -0.2) is 42.4 Å². The van der Waals surface area contributed by atoms with Crippen molar-refractivity contribution in [3.8, 4) is 0 Å². The minimum absolute atomic E-state index is 0.00513. The Morgan fingerprint density at radius 3 is 2.38 bits per heavy atom. The molecule has 0 aromatic heterocycles. The van der Waals surface area contributed by atoms with Crippen molar-refractivity contribution in [3.63, 3.8) is 0 Å². The number of rotatable bonds is 16. The predicted molar refractivity (Wildman–Crippen MR) is 184 cm³/mol. The third-order valence-electron chi connectivity index (χ3n) is 11.2. The Morgan fingerprint density at radius 2 is 1.72 bits per heavy atom. The molecule has 1 heterocycles. The molecule has 6 rings (SSSR count). The molecule has 7 nitrogen and oxygen atoms in total. The van der Waals surface area contributed by atoms with Gasteiger partial charge in [0.1, 0.15) is 6.61 Å². The molecule has 6 atom stereocenters. The summed E-state index contributed by atoms with van der Waals surface area (Å²) in [5, 5.41) is 3.24. The molecule has 2 aromatic rings. The monoisotopic (exact) mass is 643 g/mol. The highest BCUT2D eigenvalue weighted by molar-refractivity contribution is 6.47. The first-order valence-electron chi connectivity index (χ1n) is 17.9. The normalized spacial score (nSPS) is 25.4. The highest BCUT2D eigenvalue weighted by Crippen LogP contribution is 2.65. The largest absolute Gasteiger partial charge is 0.481 e. The van der Waals surface area contributed by atoms with Gasteiger partial charge in [0, 0.05) is 24.3 Å². The number of hydrogen-bond donors (Lipinski definition) is 1. The fourth-order valence-corrected chi connectivity index (χ4v) is 8.13. The summed E-state index contributed by atoms with van der Waals surface area (Å²) in [5.74, 6) is -0.497. The number of Topliss-reactive ketones (excluding diaryl/α,β-unsaturated/α-hetero) is 1. The SMILES string of the molecule is CCCCc1ccc(C(=O)C[C@@H](CCC(=O)OCc2ccccc2)C(=O)N[C@@H](CC(C)C)B2O[C@@H]3C[C@H]4C[C@H](C4(C)C)[C@]3(C)O2)cc1. The van der Waals surface area contributed by atoms with Crippen LogP contribution in [0.3, 0.4) is 0 Å². The molecule has 2 aromatic carbocycles. The van der Waals surface area contributed by atoms with Crippen molar-refractivity contribution in [3.05, 3.63) is 71.3 Å². The number of ketones is 1. The Labute approximate surface area is 282 Å². The number of ether oxygens (including phenoxy) is 1. The number of unbranched alkanes of at least 4 members (excludes halogenated alkanes) is 1. The first-order chi connectivity index (χ1) is 22.4. The van der Waals surface area contributed by atoms with E-state index in [1.165, 1.54) is 5.56 Å². The third-order valence-corrected chi connectivity index (χ3v) is 11.2. The summed E-state index contributed by atoms with van der Waals surface area (Å²) < 4.78 is 18.9. The summed E-state index contributed by atoms with van der Waals surface area (Å²) in [5.41, 5.74) is 2.51. The first-order valence-corrected chi connectivity index (χ1v) is 17.9.